The number of hydrogen-bond acceptors (Lipinski definition) is 2. The third-order valence-corrected chi connectivity index (χ3v) is 2.77. The van der Waals surface area contributed by atoms with Crippen molar-refractivity contribution in [1.82, 2.24) is 9.55 Å². The van der Waals surface area contributed by atoms with Crippen LogP contribution in [0.1, 0.15) is 30.4 Å². The van der Waals surface area contributed by atoms with Gasteiger partial charge >= 0.3 is 0 Å². The molecule has 19 heavy (non-hydrogen) atoms. The van der Waals surface area contributed by atoms with Crippen molar-refractivity contribution < 1.29 is 9.18 Å². The first-order valence-electron chi connectivity index (χ1n) is 5.78. The van der Waals surface area contributed by atoms with Crippen molar-refractivity contribution in [2.24, 2.45) is 0 Å². The van der Waals surface area contributed by atoms with E-state index in [0.717, 1.165) is 0 Å². The van der Waals surface area contributed by atoms with Crippen molar-refractivity contribution in [2.75, 3.05) is 5.32 Å². The summed E-state index contributed by atoms with van der Waals surface area (Å²) in [5, 5.41) is 3.02. The van der Waals surface area contributed by atoms with Crippen molar-refractivity contribution in [3.8, 4) is 0 Å². The van der Waals surface area contributed by atoms with Gasteiger partial charge in [-0.05, 0) is 32.0 Å². The van der Waals surface area contributed by atoms with E-state index in [4.69, 9.17) is 11.6 Å². The molecule has 4 nitrogen and oxygen atoms in total. The summed E-state index contributed by atoms with van der Waals surface area (Å²) in [6, 6.07) is 5.87. The number of carbonyl (C=O) groups excluding carboxylic acids is 1. The van der Waals surface area contributed by atoms with E-state index in [0.29, 0.717) is 10.7 Å². The van der Waals surface area contributed by atoms with Crippen LogP contribution in [0.2, 0.25) is 5.02 Å². The Kier molecular flexibility index (Phi) is 3.85. The van der Waals surface area contributed by atoms with Crippen LogP contribution in [-0.2, 0) is 0 Å². The van der Waals surface area contributed by atoms with Crippen LogP contribution in [0.15, 0.2) is 30.5 Å². The fourth-order valence-corrected chi connectivity index (χ4v) is 1.92. The molecule has 0 saturated carbocycles. The number of amides is 1. The Morgan fingerprint density at radius 1 is 1.47 bits per heavy atom. The van der Waals surface area contributed by atoms with Crippen LogP contribution in [0.25, 0.3) is 0 Å². The van der Waals surface area contributed by atoms with E-state index < -0.39 is 5.95 Å². The number of hydrogen-bond donors (Lipinski definition) is 1. The predicted octanol–water partition coefficient (Wildman–Crippen LogP) is 3.51. The smallest absolute Gasteiger partial charge is 0.273 e. The van der Waals surface area contributed by atoms with Crippen LogP contribution in [0.4, 0.5) is 10.2 Å². The quantitative estimate of drug-likeness (QED) is 0.875. The van der Waals surface area contributed by atoms with E-state index >= 15 is 0 Å². The summed E-state index contributed by atoms with van der Waals surface area (Å²) >= 11 is 5.91. The third kappa shape index (κ3) is 3.12. The largest absolute Gasteiger partial charge is 0.339 e. The van der Waals surface area contributed by atoms with Gasteiger partial charge in [0.05, 0.1) is 5.02 Å². The highest BCUT2D eigenvalue weighted by Crippen LogP contribution is 2.19. The van der Waals surface area contributed by atoms with E-state index in [9.17, 15) is 9.18 Å². The number of nitrogens with one attached hydrogen (secondary N) is 1. The molecule has 2 heterocycles. The Bertz CT molecular complexity index is 610. The number of rotatable bonds is 3. The summed E-state index contributed by atoms with van der Waals surface area (Å²) in [5.41, 5.74) is 0.408. The minimum atomic E-state index is -0.643. The Labute approximate surface area is 115 Å². The maximum Gasteiger partial charge on any atom is 0.273 e. The van der Waals surface area contributed by atoms with Crippen LogP contribution in [0, 0.1) is 5.95 Å². The maximum atomic E-state index is 12.9. The normalized spacial score (nSPS) is 10.8. The van der Waals surface area contributed by atoms with Crippen molar-refractivity contribution in [1.29, 1.82) is 0 Å². The molecule has 100 valence electrons. The summed E-state index contributed by atoms with van der Waals surface area (Å²) in [6.07, 6.45) is 1.68. The zero-order valence-electron chi connectivity index (χ0n) is 10.5. The van der Waals surface area contributed by atoms with Gasteiger partial charge in [-0.25, -0.2) is 4.98 Å². The fraction of sp³-hybridized carbons (Fsp3) is 0.231. The minimum absolute atomic E-state index is 0.0914. The third-order valence-electron chi connectivity index (χ3n) is 2.56. The molecule has 1 amide bonds. The van der Waals surface area contributed by atoms with E-state index in [1.54, 1.807) is 16.8 Å². The highest BCUT2D eigenvalue weighted by molar-refractivity contribution is 6.31. The zero-order chi connectivity index (χ0) is 14.0. The molecule has 2 rings (SSSR count). The standard InChI is InChI=1S/C13H13ClFN3O/c1-8(2)18-7-9(14)6-10(18)13(19)17-12-5-3-4-11(15)16-12/h3-8H,1-2H3,(H,16,17,19). The molecule has 0 aromatic carbocycles. The Balaban J connectivity index is 2.25. The first-order valence-corrected chi connectivity index (χ1v) is 6.16. The van der Waals surface area contributed by atoms with E-state index in [-0.39, 0.29) is 17.8 Å². The maximum absolute atomic E-state index is 12.9. The molecule has 2 aromatic rings. The number of pyridine rings is 1. The number of anilines is 1. The molecule has 0 aliphatic carbocycles. The van der Waals surface area contributed by atoms with Gasteiger partial charge in [-0.1, -0.05) is 17.7 Å². The molecular formula is C13H13ClFN3O. The molecule has 0 unspecified atom stereocenters. The Morgan fingerprint density at radius 3 is 2.84 bits per heavy atom. The zero-order valence-corrected chi connectivity index (χ0v) is 11.3. The summed E-state index contributed by atoms with van der Waals surface area (Å²) < 4.78 is 14.7. The second-order valence-corrected chi connectivity index (χ2v) is 4.78. The van der Waals surface area contributed by atoms with Gasteiger partial charge in [-0.2, -0.15) is 4.39 Å². The van der Waals surface area contributed by atoms with Gasteiger partial charge in [-0.15, -0.1) is 0 Å². The van der Waals surface area contributed by atoms with E-state index in [2.05, 4.69) is 10.3 Å². The number of carbonyl (C=O) groups is 1. The van der Waals surface area contributed by atoms with Crippen molar-refractivity contribution in [3.63, 3.8) is 0 Å². The van der Waals surface area contributed by atoms with Gasteiger partial charge < -0.3 is 9.88 Å². The van der Waals surface area contributed by atoms with Crippen LogP contribution in [0.3, 0.4) is 0 Å². The minimum Gasteiger partial charge on any atom is -0.339 e. The monoisotopic (exact) mass is 281 g/mol. The van der Waals surface area contributed by atoms with Crippen molar-refractivity contribution >= 4 is 23.3 Å². The second-order valence-electron chi connectivity index (χ2n) is 4.34. The molecule has 0 saturated heterocycles. The molecule has 6 heteroatoms. The second kappa shape index (κ2) is 5.40. The molecule has 0 fully saturated rings. The van der Waals surface area contributed by atoms with Gasteiger partial charge in [0.2, 0.25) is 5.95 Å². The van der Waals surface area contributed by atoms with E-state index in [1.165, 1.54) is 18.2 Å². The van der Waals surface area contributed by atoms with Crippen molar-refractivity contribution in [2.45, 2.75) is 19.9 Å². The first-order chi connectivity index (χ1) is 8.97. The highest BCUT2D eigenvalue weighted by Gasteiger charge is 2.15. The molecule has 0 aliphatic rings. The van der Waals surface area contributed by atoms with Gasteiger partial charge in [0.25, 0.3) is 5.91 Å². The van der Waals surface area contributed by atoms with Gasteiger partial charge in [-0.3, -0.25) is 4.79 Å². The topological polar surface area (TPSA) is 46.9 Å². The first kappa shape index (κ1) is 13.5. The van der Waals surface area contributed by atoms with Crippen LogP contribution in [0.5, 0.6) is 0 Å². The summed E-state index contributed by atoms with van der Waals surface area (Å²) in [4.78, 5) is 15.7. The lowest BCUT2D eigenvalue weighted by Crippen LogP contribution is -2.18. The van der Waals surface area contributed by atoms with E-state index in [1.807, 2.05) is 13.8 Å². The molecule has 0 radical (unpaired) electrons. The predicted molar refractivity (Wildman–Crippen MR) is 72.0 cm³/mol. The fourth-order valence-electron chi connectivity index (χ4n) is 1.71. The Hall–Kier alpha value is -1.88. The average molecular weight is 282 g/mol. The molecular weight excluding hydrogens is 269 g/mol. The SMILES string of the molecule is CC(C)n1cc(Cl)cc1C(=O)Nc1cccc(F)n1. The van der Waals surface area contributed by atoms with Gasteiger partial charge in [0, 0.05) is 12.2 Å². The molecule has 0 aliphatic heterocycles. The molecule has 0 spiro atoms. The number of nitrogens with zero attached hydrogens (tertiary/aromatic N) is 2. The summed E-state index contributed by atoms with van der Waals surface area (Å²) in [7, 11) is 0. The molecule has 1 N–H and O–H groups in total. The molecule has 0 atom stereocenters. The lowest BCUT2D eigenvalue weighted by Gasteiger charge is -2.12. The van der Waals surface area contributed by atoms with Gasteiger partial charge in [0.15, 0.2) is 0 Å². The van der Waals surface area contributed by atoms with Gasteiger partial charge in [0.1, 0.15) is 11.5 Å². The molecule has 0 bridgehead atoms. The van der Waals surface area contributed by atoms with Crippen LogP contribution < -0.4 is 5.32 Å². The lowest BCUT2D eigenvalue weighted by molar-refractivity contribution is 0.101. The number of halogens is 2. The van der Waals surface area contributed by atoms with Crippen LogP contribution in [-0.4, -0.2) is 15.5 Å². The average Bonchev–Trinajstić information content (AvgIpc) is 2.71. The summed E-state index contributed by atoms with van der Waals surface area (Å²) in [6.45, 7) is 3.88. The lowest BCUT2D eigenvalue weighted by atomic mass is 10.3. The highest BCUT2D eigenvalue weighted by atomic mass is 35.5. The summed E-state index contributed by atoms with van der Waals surface area (Å²) in [5.74, 6) is -0.855. The Morgan fingerprint density at radius 2 is 2.21 bits per heavy atom. The molecule has 2 aromatic heterocycles. The van der Waals surface area contributed by atoms with Crippen LogP contribution >= 0.6 is 11.6 Å². The van der Waals surface area contributed by atoms with Crippen molar-refractivity contribution in [3.05, 3.63) is 47.1 Å². The number of aromatic nitrogens is 2.